The van der Waals surface area contributed by atoms with Gasteiger partial charge in [0.25, 0.3) is 5.92 Å². The smallest absolute Gasteiger partial charge is 0.250 e. The summed E-state index contributed by atoms with van der Waals surface area (Å²) in [5.41, 5.74) is 6.98. The highest BCUT2D eigenvalue weighted by Gasteiger charge is 2.26. The Bertz CT molecular complexity index is 768. The van der Waals surface area contributed by atoms with Crippen molar-refractivity contribution in [2.24, 2.45) is 5.41 Å². The maximum atomic E-state index is 13.2. The lowest BCUT2D eigenvalue weighted by Crippen LogP contribution is -2.41. The van der Waals surface area contributed by atoms with E-state index in [1.807, 2.05) is 0 Å². The summed E-state index contributed by atoms with van der Waals surface area (Å²) < 4.78 is 26.4. The fraction of sp³-hybridized carbons (Fsp3) is 0.520. The first-order valence-corrected chi connectivity index (χ1v) is 10.7. The average molecular weight is 399 g/mol. The highest BCUT2D eigenvalue weighted by Crippen LogP contribution is 2.32. The Morgan fingerprint density at radius 3 is 2.45 bits per heavy atom. The van der Waals surface area contributed by atoms with Gasteiger partial charge in [-0.1, -0.05) is 64.3 Å². The molecule has 1 N–H and O–H groups in total. The SMILES string of the molecule is C=C(CC(C)(F)F)NC1BCc2c(cccc2C(=C)CCCC(=C)C(C)(C)C)C1. The maximum Gasteiger partial charge on any atom is 0.250 e. The molecule has 1 aliphatic heterocycles. The van der Waals surface area contributed by atoms with Crippen LogP contribution in [0.5, 0.6) is 0 Å². The molecule has 1 aromatic rings. The summed E-state index contributed by atoms with van der Waals surface area (Å²) in [6.45, 7) is 19.9. The molecule has 29 heavy (non-hydrogen) atoms. The number of rotatable bonds is 9. The Kier molecular flexibility index (Phi) is 7.53. The predicted molar refractivity (Wildman–Crippen MR) is 124 cm³/mol. The molecule has 0 aliphatic carbocycles. The van der Waals surface area contributed by atoms with Gasteiger partial charge in [0.1, 0.15) is 0 Å². The molecule has 1 aromatic carbocycles. The minimum Gasteiger partial charge on any atom is -0.393 e. The number of hydrogen-bond donors (Lipinski definition) is 1. The van der Waals surface area contributed by atoms with Gasteiger partial charge in [0.2, 0.25) is 0 Å². The van der Waals surface area contributed by atoms with Crippen LogP contribution in [-0.2, 0) is 12.7 Å². The van der Waals surface area contributed by atoms with E-state index in [0.29, 0.717) is 5.70 Å². The van der Waals surface area contributed by atoms with Crippen LogP contribution in [0.3, 0.4) is 0 Å². The second-order valence-electron chi connectivity index (χ2n) is 9.69. The molecule has 158 valence electrons. The lowest BCUT2D eigenvalue weighted by molar-refractivity contribution is 0.0211. The number of benzene rings is 1. The van der Waals surface area contributed by atoms with E-state index in [-0.39, 0.29) is 17.8 Å². The van der Waals surface area contributed by atoms with Gasteiger partial charge in [-0.15, -0.1) is 0 Å². The van der Waals surface area contributed by atoms with Crippen molar-refractivity contribution in [1.82, 2.24) is 5.32 Å². The molecule has 0 saturated heterocycles. The summed E-state index contributed by atoms with van der Waals surface area (Å²) in [7, 11) is 0.923. The van der Waals surface area contributed by atoms with Gasteiger partial charge in [0, 0.05) is 11.6 Å². The zero-order valence-electron chi connectivity index (χ0n) is 18.6. The average Bonchev–Trinajstić information content (AvgIpc) is 2.58. The van der Waals surface area contributed by atoms with E-state index in [0.717, 1.165) is 46.2 Å². The van der Waals surface area contributed by atoms with Crippen LogP contribution in [-0.4, -0.2) is 19.1 Å². The fourth-order valence-electron chi connectivity index (χ4n) is 4.00. The summed E-state index contributed by atoms with van der Waals surface area (Å²) in [6.07, 6.45) is 4.52. The van der Waals surface area contributed by atoms with Gasteiger partial charge in [0.15, 0.2) is 7.28 Å². The van der Waals surface area contributed by atoms with Crippen LogP contribution in [0.1, 0.15) is 70.1 Å². The number of halogens is 2. The van der Waals surface area contributed by atoms with Crippen molar-refractivity contribution in [1.29, 1.82) is 0 Å². The molecule has 0 spiro atoms. The zero-order valence-corrected chi connectivity index (χ0v) is 18.6. The molecule has 0 fully saturated rings. The zero-order chi connectivity index (χ0) is 21.8. The normalized spacial score (nSPS) is 16.6. The minimum atomic E-state index is -2.72. The molecular weight excluding hydrogens is 363 g/mol. The Labute approximate surface area is 176 Å². The van der Waals surface area contributed by atoms with Crippen molar-refractivity contribution in [2.45, 2.75) is 78.0 Å². The summed E-state index contributed by atoms with van der Waals surface area (Å²) in [5.74, 6) is -2.56. The summed E-state index contributed by atoms with van der Waals surface area (Å²) in [4.78, 5) is 0. The topological polar surface area (TPSA) is 12.0 Å². The second-order valence-corrected chi connectivity index (χ2v) is 9.69. The number of hydrogen-bond acceptors (Lipinski definition) is 1. The van der Waals surface area contributed by atoms with Gasteiger partial charge >= 0.3 is 0 Å². The molecule has 4 heteroatoms. The van der Waals surface area contributed by atoms with Crippen LogP contribution in [0.2, 0.25) is 0 Å². The Morgan fingerprint density at radius 1 is 1.14 bits per heavy atom. The third-order valence-corrected chi connectivity index (χ3v) is 5.81. The predicted octanol–water partition coefficient (Wildman–Crippen LogP) is 6.44. The number of allylic oxidation sites excluding steroid dienone is 3. The number of alkyl halides is 2. The van der Waals surface area contributed by atoms with E-state index in [2.05, 4.69) is 64.0 Å². The third kappa shape index (κ3) is 7.17. The van der Waals surface area contributed by atoms with E-state index in [9.17, 15) is 8.78 Å². The van der Waals surface area contributed by atoms with Gasteiger partial charge in [-0.2, -0.15) is 0 Å². The van der Waals surface area contributed by atoms with Gasteiger partial charge in [-0.3, -0.25) is 0 Å². The standard InChI is InChI=1S/C25H36BF2N/c1-17(10-8-11-18(2)24(4,5)6)21-13-9-12-20-14-23(26-16-22(20)21)29-19(3)15-25(7,27)28/h9,12-13,23,26,29H,1-3,8,10-11,14-16H2,4-7H3. The largest absolute Gasteiger partial charge is 0.393 e. The highest BCUT2D eigenvalue weighted by atomic mass is 19.3. The number of fused-ring (bicyclic) bond motifs is 1. The lowest BCUT2D eigenvalue weighted by Gasteiger charge is -2.29. The van der Waals surface area contributed by atoms with Gasteiger partial charge in [0.05, 0.1) is 6.42 Å². The van der Waals surface area contributed by atoms with Crippen LogP contribution in [0.4, 0.5) is 8.78 Å². The van der Waals surface area contributed by atoms with Crippen molar-refractivity contribution in [2.75, 3.05) is 0 Å². The van der Waals surface area contributed by atoms with Gasteiger partial charge < -0.3 is 5.32 Å². The molecule has 1 heterocycles. The molecular formula is C25H36BF2N. The molecule has 1 unspecified atom stereocenters. The van der Waals surface area contributed by atoms with Crippen molar-refractivity contribution >= 4 is 12.9 Å². The molecule has 1 aliphatic rings. The van der Waals surface area contributed by atoms with Crippen LogP contribution < -0.4 is 5.32 Å². The molecule has 1 nitrogen and oxygen atoms in total. The van der Waals surface area contributed by atoms with Crippen LogP contribution in [0.25, 0.3) is 5.57 Å². The van der Waals surface area contributed by atoms with Gasteiger partial charge in [-0.25, -0.2) is 8.78 Å². The van der Waals surface area contributed by atoms with E-state index < -0.39 is 5.92 Å². The van der Waals surface area contributed by atoms with Crippen molar-refractivity contribution in [3.8, 4) is 0 Å². The van der Waals surface area contributed by atoms with Gasteiger partial charge in [-0.05, 0) is 66.6 Å². The summed E-state index contributed by atoms with van der Waals surface area (Å²) in [5, 5.41) is 3.22. The van der Waals surface area contributed by atoms with E-state index >= 15 is 0 Å². The molecule has 2 rings (SSSR count). The second kappa shape index (κ2) is 9.32. The minimum absolute atomic E-state index is 0.154. The number of nitrogens with one attached hydrogen (secondary N) is 1. The Morgan fingerprint density at radius 2 is 1.83 bits per heavy atom. The van der Waals surface area contributed by atoms with E-state index in [1.54, 1.807) is 0 Å². The van der Waals surface area contributed by atoms with E-state index in [4.69, 9.17) is 0 Å². The first kappa shape index (κ1) is 23.4. The van der Waals surface area contributed by atoms with Crippen LogP contribution in [0, 0.1) is 5.41 Å². The summed E-state index contributed by atoms with van der Waals surface area (Å²) >= 11 is 0. The molecule has 0 amide bonds. The Balaban J connectivity index is 1.97. The molecule has 1 atom stereocenters. The third-order valence-electron chi connectivity index (χ3n) is 5.81. The van der Waals surface area contributed by atoms with Crippen LogP contribution >= 0.6 is 0 Å². The fourth-order valence-corrected chi connectivity index (χ4v) is 4.00. The van der Waals surface area contributed by atoms with Crippen LogP contribution in [0.15, 0.2) is 49.2 Å². The Hall–Kier alpha value is -1.84. The molecule has 0 bridgehead atoms. The highest BCUT2D eigenvalue weighted by molar-refractivity contribution is 6.38. The molecule has 0 radical (unpaired) electrons. The molecule has 0 aromatic heterocycles. The summed E-state index contributed by atoms with van der Waals surface area (Å²) in [6, 6.07) is 6.41. The maximum absolute atomic E-state index is 13.2. The lowest BCUT2D eigenvalue weighted by atomic mass is 9.57. The quantitative estimate of drug-likeness (QED) is 0.372. The first-order chi connectivity index (χ1) is 13.4. The van der Waals surface area contributed by atoms with Crippen molar-refractivity contribution in [3.05, 3.63) is 65.9 Å². The first-order valence-electron chi connectivity index (χ1n) is 10.7. The van der Waals surface area contributed by atoms with E-state index in [1.165, 1.54) is 27.8 Å². The monoisotopic (exact) mass is 399 g/mol. The van der Waals surface area contributed by atoms with Crippen molar-refractivity contribution < 1.29 is 8.78 Å². The molecule has 0 saturated carbocycles. The van der Waals surface area contributed by atoms with Crippen molar-refractivity contribution in [3.63, 3.8) is 0 Å².